The first-order valence-electron chi connectivity index (χ1n) is 6.42. The molecule has 1 heterocycles. The van der Waals surface area contributed by atoms with Gasteiger partial charge >= 0.3 is 15.8 Å². The Labute approximate surface area is 144 Å². The van der Waals surface area contributed by atoms with Gasteiger partial charge in [-0.2, -0.15) is 8.42 Å². The van der Waals surface area contributed by atoms with E-state index in [0.717, 1.165) is 6.07 Å². The highest BCUT2D eigenvalue weighted by Gasteiger charge is 2.19. The van der Waals surface area contributed by atoms with Crippen LogP contribution in [0.3, 0.4) is 0 Å². The number of fused-ring (bicyclic) bond motifs is 1. The van der Waals surface area contributed by atoms with E-state index in [1.807, 2.05) is 4.98 Å². The molecule has 0 aliphatic carbocycles. The minimum Gasteiger partial charge on any atom is -0.377 e. The van der Waals surface area contributed by atoms with E-state index in [9.17, 15) is 18.0 Å². The Balaban J connectivity index is 2.08. The van der Waals surface area contributed by atoms with Crippen molar-refractivity contribution < 1.29 is 12.6 Å². The quantitative estimate of drug-likeness (QED) is 0.671. The van der Waals surface area contributed by atoms with E-state index in [4.69, 9.17) is 27.4 Å². The van der Waals surface area contributed by atoms with E-state index >= 15 is 0 Å². The Morgan fingerprint density at radius 2 is 1.71 bits per heavy atom. The molecule has 0 spiro atoms. The largest absolute Gasteiger partial charge is 0.377 e. The molecule has 3 rings (SSSR count). The molecule has 2 N–H and O–H groups in total. The molecule has 0 saturated carbocycles. The van der Waals surface area contributed by atoms with Gasteiger partial charge in [-0.25, -0.2) is 4.79 Å². The molecule has 0 radical (unpaired) electrons. The van der Waals surface area contributed by atoms with Crippen molar-refractivity contribution >= 4 is 44.2 Å². The number of nitrogens with one attached hydrogen (secondary N) is 2. The van der Waals surface area contributed by atoms with Crippen LogP contribution >= 0.6 is 23.2 Å². The fraction of sp³-hybridized carbons (Fsp3) is 0. The summed E-state index contributed by atoms with van der Waals surface area (Å²) in [7, 11) is -4.24. The van der Waals surface area contributed by atoms with Gasteiger partial charge in [0.25, 0.3) is 5.56 Å². The molecule has 0 aliphatic heterocycles. The van der Waals surface area contributed by atoms with Crippen LogP contribution in [0.15, 0.2) is 50.9 Å². The van der Waals surface area contributed by atoms with Crippen LogP contribution in [0.5, 0.6) is 5.75 Å². The predicted octanol–water partition coefficient (Wildman–Crippen LogP) is 2.29. The number of rotatable bonds is 3. The summed E-state index contributed by atoms with van der Waals surface area (Å²) < 4.78 is 29.7. The van der Waals surface area contributed by atoms with Crippen molar-refractivity contribution in [2.75, 3.05) is 0 Å². The summed E-state index contributed by atoms with van der Waals surface area (Å²) in [6.45, 7) is 0. The maximum atomic E-state index is 12.4. The third-order valence-electron chi connectivity index (χ3n) is 3.09. The molecular weight excluding hydrogens is 379 g/mol. The average molecular weight is 387 g/mol. The molecule has 24 heavy (non-hydrogen) atoms. The fourth-order valence-electron chi connectivity index (χ4n) is 2.01. The summed E-state index contributed by atoms with van der Waals surface area (Å²) in [6, 6.07) is 7.68. The van der Waals surface area contributed by atoms with Crippen LogP contribution in [0.2, 0.25) is 10.0 Å². The number of aromatic nitrogens is 2. The van der Waals surface area contributed by atoms with Crippen molar-refractivity contribution in [3.05, 3.63) is 67.3 Å². The van der Waals surface area contributed by atoms with Gasteiger partial charge in [-0.15, -0.1) is 0 Å². The van der Waals surface area contributed by atoms with E-state index in [1.165, 1.54) is 30.3 Å². The summed E-state index contributed by atoms with van der Waals surface area (Å²) in [5, 5.41) is 0.349. The summed E-state index contributed by atoms with van der Waals surface area (Å²) in [6.07, 6.45) is 0. The Hall–Kier alpha value is -2.29. The van der Waals surface area contributed by atoms with E-state index in [-0.39, 0.29) is 26.6 Å². The van der Waals surface area contributed by atoms with Crippen molar-refractivity contribution in [2.45, 2.75) is 4.90 Å². The van der Waals surface area contributed by atoms with Gasteiger partial charge in [-0.3, -0.25) is 9.78 Å². The van der Waals surface area contributed by atoms with Crippen LogP contribution in [0.1, 0.15) is 0 Å². The molecule has 2 aromatic carbocycles. The van der Waals surface area contributed by atoms with E-state index in [0.29, 0.717) is 5.02 Å². The average Bonchev–Trinajstić information content (AvgIpc) is 2.49. The Morgan fingerprint density at radius 1 is 0.958 bits per heavy atom. The van der Waals surface area contributed by atoms with Crippen LogP contribution in [0.25, 0.3) is 10.9 Å². The summed E-state index contributed by atoms with van der Waals surface area (Å²) in [4.78, 5) is 27.1. The van der Waals surface area contributed by atoms with E-state index in [1.54, 1.807) is 0 Å². The summed E-state index contributed by atoms with van der Waals surface area (Å²) in [5.74, 6) is -0.100. The van der Waals surface area contributed by atoms with Crippen molar-refractivity contribution in [1.82, 2.24) is 9.97 Å². The normalized spacial score (nSPS) is 11.6. The van der Waals surface area contributed by atoms with Gasteiger partial charge in [0.15, 0.2) is 5.75 Å². The lowest BCUT2D eigenvalue weighted by atomic mass is 10.2. The Bertz CT molecular complexity index is 1170. The number of hydrogen-bond donors (Lipinski definition) is 2. The predicted molar refractivity (Wildman–Crippen MR) is 89.5 cm³/mol. The number of H-pyrrole nitrogens is 2. The zero-order valence-electron chi connectivity index (χ0n) is 11.7. The second-order valence-corrected chi connectivity index (χ2v) is 7.12. The van der Waals surface area contributed by atoms with Gasteiger partial charge in [0.2, 0.25) is 0 Å². The summed E-state index contributed by atoms with van der Waals surface area (Å²) >= 11 is 11.6. The van der Waals surface area contributed by atoms with Crippen molar-refractivity contribution in [1.29, 1.82) is 0 Å². The first-order valence-corrected chi connectivity index (χ1v) is 8.58. The van der Waals surface area contributed by atoms with Gasteiger partial charge < -0.3 is 9.17 Å². The van der Waals surface area contributed by atoms with Crippen LogP contribution in [0, 0.1) is 0 Å². The van der Waals surface area contributed by atoms with Crippen LogP contribution < -0.4 is 15.4 Å². The zero-order chi connectivity index (χ0) is 17.5. The molecule has 1 aromatic heterocycles. The van der Waals surface area contributed by atoms with E-state index < -0.39 is 21.4 Å². The van der Waals surface area contributed by atoms with Crippen molar-refractivity contribution in [3.63, 3.8) is 0 Å². The minimum atomic E-state index is -4.24. The van der Waals surface area contributed by atoms with Gasteiger partial charge in [-0.1, -0.05) is 23.2 Å². The second kappa shape index (κ2) is 5.97. The second-order valence-electron chi connectivity index (χ2n) is 4.73. The lowest BCUT2D eigenvalue weighted by Crippen LogP contribution is -2.22. The molecule has 10 heteroatoms. The molecule has 0 amide bonds. The standard InChI is InChI=1S/C14H8Cl2N2O5S/c15-7-1-4-12(10(16)5-7)23-24(21,22)8-2-3-11-9(6-8)13(19)18-14(20)17-11/h1-6H,(H2,17,18,19,20). The number of aromatic amines is 2. The summed E-state index contributed by atoms with van der Waals surface area (Å²) in [5.41, 5.74) is -1.20. The molecule has 0 unspecified atom stereocenters. The van der Waals surface area contributed by atoms with Crippen LogP contribution in [-0.4, -0.2) is 18.4 Å². The molecule has 0 aliphatic rings. The zero-order valence-corrected chi connectivity index (χ0v) is 14.0. The maximum absolute atomic E-state index is 12.4. The first-order chi connectivity index (χ1) is 11.3. The molecule has 3 aromatic rings. The lowest BCUT2D eigenvalue weighted by molar-refractivity contribution is 0.486. The van der Waals surface area contributed by atoms with E-state index in [2.05, 4.69) is 4.98 Å². The van der Waals surface area contributed by atoms with Crippen molar-refractivity contribution in [2.24, 2.45) is 0 Å². The van der Waals surface area contributed by atoms with Crippen LogP contribution in [-0.2, 0) is 10.1 Å². The molecule has 0 bridgehead atoms. The molecule has 7 nitrogen and oxygen atoms in total. The monoisotopic (exact) mass is 386 g/mol. The highest BCUT2D eigenvalue weighted by molar-refractivity contribution is 7.87. The molecule has 124 valence electrons. The molecule has 0 fully saturated rings. The number of halogens is 2. The first kappa shape index (κ1) is 16.6. The SMILES string of the molecule is O=c1[nH]c(=O)c2cc(S(=O)(=O)Oc3ccc(Cl)cc3Cl)ccc2[nH]1. The third kappa shape index (κ3) is 3.16. The highest BCUT2D eigenvalue weighted by Crippen LogP contribution is 2.30. The minimum absolute atomic E-state index is 0.00137. The Kier molecular flexibility index (Phi) is 4.12. The number of benzene rings is 2. The van der Waals surface area contributed by atoms with Gasteiger partial charge in [0, 0.05) is 5.02 Å². The fourth-order valence-corrected chi connectivity index (χ4v) is 3.48. The maximum Gasteiger partial charge on any atom is 0.339 e. The van der Waals surface area contributed by atoms with Crippen LogP contribution in [0.4, 0.5) is 0 Å². The highest BCUT2D eigenvalue weighted by atomic mass is 35.5. The Morgan fingerprint density at radius 3 is 2.42 bits per heavy atom. The molecule has 0 saturated heterocycles. The smallest absolute Gasteiger partial charge is 0.339 e. The third-order valence-corrected chi connectivity index (χ3v) is 4.85. The molecular formula is C14H8Cl2N2O5S. The van der Waals surface area contributed by atoms with Gasteiger partial charge in [0.05, 0.1) is 15.9 Å². The van der Waals surface area contributed by atoms with Gasteiger partial charge in [-0.05, 0) is 36.4 Å². The van der Waals surface area contributed by atoms with Gasteiger partial charge in [0.1, 0.15) is 4.90 Å². The number of hydrogen-bond acceptors (Lipinski definition) is 5. The van der Waals surface area contributed by atoms with Crippen molar-refractivity contribution in [3.8, 4) is 5.75 Å². The topological polar surface area (TPSA) is 109 Å². The molecule has 0 atom stereocenters. The lowest BCUT2D eigenvalue weighted by Gasteiger charge is -2.09.